The van der Waals surface area contributed by atoms with Gasteiger partial charge < -0.3 is 9.64 Å². The molecule has 0 saturated carbocycles. The predicted molar refractivity (Wildman–Crippen MR) is 99.9 cm³/mol. The Kier molecular flexibility index (Phi) is 6.19. The second kappa shape index (κ2) is 8.56. The number of rotatable bonds is 4. The first-order chi connectivity index (χ1) is 12.1. The number of ether oxygens (including phenoxy) is 1. The van der Waals surface area contributed by atoms with E-state index in [1.165, 1.54) is 0 Å². The fourth-order valence-corrected chi connectivity index (χ4v) is 3.19. The summed E-state index contributed by atoms with van der Waals surface area (Å²) >= 11 is 12.3. The molecule has 0 atom stereocenters. The molecule has 1 aliphatic heterocycles. The van der Waals surface area contributed by atoms with E-state index in [4.69, 9.17) is 27.9 Å². The Morgan fingerprint density at radius 3 is 2.40 bits per heavy atom. The molecule has 1 aliphatic rings. The van der Waals surface area contributed by atoms with Gasteiger partial charge in [0.25, 0.3) is 0 Å². The van der Waals surface area contributed by atoms with Gasteiger partial charge in [0, 0.05) is 32.7 Å². The Morgan fingerprint density at radius 1 is 0.960 bits per heavy atom. The van der Waals surface area contributed by atoms with Gasteiger partial charge in [0.2, 0.25) is 0 Å². The van der Waals surface area contributed by atoms with Crippen molar-refractivity contribution in [2.24, 2.45) is 0 Å². The number of amides is 1. The van der Waals surface area contributed by atoms with Gasteiger partial charge in [0.1, 0.15) is 6.61 Å². The molecular formula is C19H20Cl2N2O2. The highest BCUT2D eigenvalue weighted by atomic mass is 35.5. The van der Waals surface area contributed by atoms with Crippen LogP contribution in [0.25, 0.3) is 0 Å². The lowest BCUT2D eigenvalue weighted by Gasteiger charge is -2.34. The van der Waals surface area contributed by atoms with Crippen molar-refractivity contribution in [2.75, 3.05) is 26.2 Å². The van der Waals surface area contributed by atoms with Crippen molar-refractivity contribution in [2.45, 2.75) is 13.2 Å². The van der Waals surface area contributed by atoms with Crippen molar-refractivity contribution in [3.63, 3.8) is 0 Å². The molecule has 4 nitrogen and oxygen atoms in total. The fourth-order valence-electron chi connectivity index (χ4n) is 2.81. The lowest BCUT2D eigenvalue weighted by Crippen LogP contribution is -2.48. The summed E-state index contributed by atoms with van der Waals surface area (Å²) in [6, 6.07) is 15.4. The minimum Gasteiger partial charge on any atom is -0.445 e. The molecule has 6 heteroatoms. The van der Waals surface area contributed by atoms with Crippen molar-refractivity contribution in [1.29, 1.82) is 0 Å². The van der Waals surface area contributed by atoms with Gasteiger partial charge in [0.05, 0.1) is 10.0 Å². The van der Waals surface area contributed by atoms with E-state index in [1.54, 1.807) is 11.0 Å². The first-order valence-corrected chi connectivity index (χ1v) is 9.00. The average molecular weight is 379 g/mol. The Labute approximate surface area is 157 Å². The summed E-state index contributed by atoms with van der Waals surface area (Å²) in [6.45, 7) is 3.88. The summed E-state index contributed by atoms with van der Waals surface area (Å²) in [6.07, 6.45) is -0.260. The zero-order valence-corrected chi connectivity index (χ0v) is 15.3. The molecule has 132 valence electrons. The first kappa shape index (κ1) is 18.1. The number of hydrogen-bond acceptors (Lipinski definition) is 3. The van der Waals surface area contributed by atoms with Crippen LogP contribution in [0.5, 0.6) is 0 Å². The third kappa shape index (κ3) is 4.88. The van der Waals surface area contributed by atoms with E-state index in [9.17, 15) is 4.79 Å². The Balaban J connectivity index is 1.46. The molecule has 1 amide bonds. The maximum atomic E-state index is 12.2. The molecular weight excluding hydrogens is 359 g/mol. The Morgan fingerprint density at radius 2 is 1.68 bits per heavy atom. The van der Waals surface area contributed by atoms with Crippen LogP contribution in [0.3, 0.4) is 0 Å². The summed E-state index contributed by atoms with van der Waals surface area (Å²) in [5.74, 6) is 0. The zero-order chi connectivity index (χ0) is 17.6. The molecule has 1 saturated heterocycles. The molecule has 1 heterocycles. The Hall–Kier alpha value is -1.75. The number of carbonyl (C=O) groups is 1. The van der Waals surface area contributed by atoms with Crippen LogP contribution in [0.15, 0.2) is 48.5 Å². The molecule has 0 radical (unpaired) electrons. The lowest BCUT2D eigenvalue weighted by molar-refractivity contribution is 0.0700. The lowest BCUT2D eigenvalue weighted by atomic mass is 10.2. The summed E-state index contributed by atoms with van der Waals surface area (Å²) in [5, 5.41) is 1.18. The molecule has 0 unspecified atom stereocenters. The minimum atomic E-state index is -0.260. The van der Waals surface area contributed by atoms with Crippen molar-refractivity contribution >= 4 is 29.3 Å². The topological polar surface area (TPSA) is 32.8 Å². The fraction of sp³-hybridized carbons (Fsp3) is 0.316. The average Bonchev–Trinajstić information content (AvgIpc) is 2.65. The second-order valence-electron chi connectivity index (χ2n) is 6.02. The van der Waals surface area contributed by atoms with Gasteiger partial charge in [-0.3, -0.25) is 4.90 Å². The van der Waals surface area contributed by atoms with Crippen molar-refractivity contribution < 1.29 is 9.53 Å². The molecule has 2 aromatic rings. The van der Waals surface area contributed by atoms with Gasteiger partial charge in [-0.15, -0.1) is 0 Å². The van der Waals surface area contributed by atoms with E-state index in [1.807, 2.05) is 42.5 Å². The molecule has 3 rings (SSSR count). The predicted octanol–water partition coefficient (Wildman–Crippen LogP) is 4.45. The normalized spacial score (nSPS) is 15.2. The standard InChI is InChI=1S/C19H20Cl2N2O2/c20-17-8-4-7-16(18(17)21)13-22-9-11-23(12-10-22)19(24)25-14-15-5-2-1-3-6-15/h1-8H,9-14H2. The van der Waals surface area contributed by atoms with Crippen LogP contribution in [-0.4, -0.2) is 42.1 Å². The van der Waals surface area contributed by atoms with Crippen molar-refractivity contribution in [1.82, 2.24) is 9.80 Å². The van der Waals surface area contributed by atoms with Crippen LogP contribution in [0.2, 0.25) is 10.0 Å². The largest absolute Gasteiger partial charge is 0.445 e. The second-order valence-corrected chi connectivity index (χ2v) is 6.80. The number of nitrogens with zero attached hydrogens (tertiary/aromatic N) is 2. The van der Waals surface area contributed by atoms with Crippen LogP contribution < -0.4 is 0 Å². The molecule has 1 fully saturated rings. The van der Waals surface area contributed by atoms with E-state index in [0.717, 1.165) is 30.8 Å². The molecule has 0 aromatic heterocycles. The molecule has 2 aromatic carbocycles. The van der Waals surface area contributed by atoms with Crippen LogP contribution >= 0.6 is 23.2 Å². The van der Waals surface area contributed by atoms with Crippen molar-refractivity contribution in [3.8, 4) is 0 Å². The van der Waals surface area contributed by atoms with Crippen molar-refractivity contribution in [3.05, 3.63) is 69.7 Å². The maximum Gasteiger partial charge on any atom is 0.410 e. The van der Waals surface area contributed by atoms with E-state index >= 15 is 0 Å². The van der Waals surface area contributed by atoms with Gasteiger partial charge in [-0.25, -0.2) is 4.79 Å². The van der Waals surface area contributed by atoms with Crippen LogP contribution in [-0.2, 0) is 17.9 Å². The number of benzene rings is 2. The maximum absolute atomic E-state index is 12.2. The number of hydrogen-bond donors (Lipinski definition) is 0. The van der Waals surface area contributed by atoms with Gasteiger partial charge in [-0.1, -0.05) is 65.7 Å². The monoisotopic (exact) mass is 378 g/mol. The molecule has 0 bridgehead atoms. The van der Waals surface area contributed by atoms with Gasteiger partial charge in [-0.05, 0) is 17.2 Å². The Bertz CT molecular complexity index is 717. The highest BCUT2D eigenvalue weighted by molar-refractivity contribution is 6.42. The minimum absolute atomic E-state index is 0.260. The molecule has 0 spiro atoms. The molecule has 25 heavy (non-hydrogen) atoms. The van der Waals surface area contributed by atoms with Gasteiger partial charge in [0.15, 0.2) is 0 Å². The van der Waals surface area contributed by atoms with E-state index < -0.39 is 0 Å². The zero-order valence-electron chi connectivity index (χ0n) is 13.8. The highest BCUT2D eigenvalue weighted by Crippen LogP contribution is 2.26. The van der Waals surface area contributed by atoms with Crippen LogP contribution in [0.1, 0.15) is 11.1 Å². The third-order valence-electron chi connectivity index (χ3n) is 4.26. The van der Waals surface area contributed by atoms with E-state index in [0.29, 0.717) is 29.7 Å². The van der Waals surface area contributed by atoms with Gasteiger partial charge in [-0.2, -0.15) is 0 Å². The molecule has 0 N–H and O–H groups in total. The van der Waals surface area contributed by atoms with Crippen LogP contribution in [0, 0.1) is 0 Å². The van der Waals surface area contributed by atoms with E-state index in [-0.39, 0.29) is 6.09 Å². The van der Waals surface area contributed by atoms with Crippen LogP contribution in [0.4, 0.5) is 4.79 Å². The van der Waals surface area contributed by atoms with Gasteiger partial charge >= 0.3 is 6.09 Å². The van der Waals surface area contributed by atoms with E-state index in [2.05, 4.69) is 4.90 Å². The summed E-state index contributed by atoms with van der Waals surface area (Å²) in [7, 11) is 0. The first-order valence-electron chi connectivity index (χ1n) is 8.24. The smallest absolute Gasteiger partial charge is 0.410 e. The summed E-state index contributed by atoms with van der Waals surface area (Å²) in [5.41, 5.74) is 2.00. The third-order valence-corrected chi connectivity index (χ3v) is 5.12. The highest BCUT2D eigenvalue weighted by Gasteiger charge is 2.22. The number of carbonyl (C=O) groups excluding carboxylic acids is 1. The molecule has 0 aliphatic carbocycles. The SMILES string of the molecule is O=C(OCc1ccccc1)N1CCN(Cc2cccc(Cl)c2Cl)CC1. The number of halogens is 2. The quantitative estimate of drug-likeness (QED) is 0.787. The summed E-state index contributed by atoms with van der Waals surface area (Å²) < 4.78 is 5.39. The summed E-state index contributed by atoms with van der Waals surface area (Å²) in [4.78, 5) is 16.2. The number of piperazine rings is 1.